The Kier molecular flexibility index (Phi) is 4.63. The van der Waals surface area contributed by atoms with E-state index >= 15 is 0 Å². The number of alkyl halides is 2. The lowest BCUT2D eigenvalue weighted by Crippen LogP contribution is -2.49. The van der Waals surface area contributed by atoms with Crippen LogP contribution in [0.1, 0.15) is 39.2 Å². The maximum Gasteiger partial charge on any atom is 0.252 e. The standard InChI is InChI=1S/C20H23F3N2O/c1-19(2,3)16-6-5-14(9-17(16)21)26-15-7-8-24-18(10-15)25(4)13-11-20(22,23)12-13/h5-10,13H,11-12H2,1-4H3. The summed E-state index contributed by atoms with van der Waals surface area (Å²) < 4.78 is 46.2. The lowest BCUT2D eigenvalue weighted by molar-refractivity contribution is -0.0850. The smallest absolute Gasteiger partial charge is 0.252 e. The number of pyridine rings is 1. The van der Waals surface area contributed by atoms with Crippen molar-refractivity contribution in [3.8, 4) is 11.5 Å². The highest BCUT2D eigenvalue weighted by molar-refractivity contribution is 5.46. The molecule has 0 aliphatic heterocycles. The lowest BCUT2D eigenvalue weighted by atomic mass is 9.87. The largest absolute Gasteiger partial charge is 0.457 e. The molecule has 140 valence electrons. The highest BCUT2D eigenvalue weighted by Crippen LogP contribution is 2.41. The summed E-state index contributed by atoms with van der Waals surface area (Å²) in [4.78, 5) is 5.95. The van der Waals surface area contributed by atoms with Gasteiger partial charge in [-0.1, -0.05) is 26.8 Å². The van der Waals surface area contributed by atoms with Gasteiger partial charge in [0.2, 0.25) is 0 Å². The molecule has 0 N–H and O–H groups in total. The molecule has 0 bridgehead atoms. The molecular formula is C20H23F3N2O. The van der Waals surface area contributed by atoms with Gasteiger partial charge in [-0.2, -0.15) is 0 Å². The summed E-state index contributed by atoms with van der Waals surface area (Å²) in [6.45, 7) is 5.84. The van der Waals surface area contributed by atoms with Crippen molar-refractivity contribution in [1.82, 2.24) is 4.98 Å². The quantitative estimate of drug-likeness (QED) is 0.712. The van der Waals surface area contributed by atoms with E-state index in [1.807, 2.05) is 20.8 Å². The minimum absolute atomic E-state index is 0.171. The Bertz CT molecular complexity index is 794. The van der Waals surface area contributed by atoms with Crippen molar-refractivity contribution >= 4 is 5.82 Å². The average Bonchev–Trinajstić information content (AvgIpc) is 2.51. The number of anilines is 1. The van der Waals surface area contributed by atoms with Gasteiger partial charge >= 0.3 is 0 Å². The number of nitrogens with zero attached hydrogens (tertiary/aromatic N) is 2. The molecule has 1 aliphatic rings. The molecule has 0 saturated heterocycles. The van der Waals surface area contributed by atoms with Crippen LogP contribution in [0.3, 0.4) is 0 Å². The van der Waals surface area contributed by atoms with Gasteiger partial charge in [-0.15, -0.1) is 0 Å². The first-order chi connectivity index (χ1) is 12.0. The van der Waals surface area contributed by atoms with E-state index in [1.165, 1.54) is 6.07 Å². The number of aromatic nitrogens is 1. The maximum absolute atomic E-state index is 14.3. The maximum atomic E-state index is 14.3. The Labute approximate surface area is 151 Å². The number of rotatable bonds is 4. The van der Waals surface area contributed by atoms with Crippen LogP contribution in [0, 0.1) is 5.82 Å². The molecule has 0 unspecified atom stereocenters. The SMILES string of the molecule is CN(c1cc(Oc2ccc(C(C)(C)C)c(F)c2)ccn1)C1CC(F)(F)C1. The van der Waals surface area contributed by atoms with Crippen molar-refractivity contribution in [3.05, 3.63) is 47.9 Å². The number of halogens is 3. The topological polar surface area (TPSA) is 25.4 Å². The molecule has 1 saturated carbocycles. The van der Waals surface area contributed by atoms with E-state index in [0.717, 1.165) is 0 Å². The van der Waals surface area contributed by atoms with Gasteiger partial charge in [0, 0.05) is 44.3 Å². The molecular weight excluding hydrogens is 341 g/mol. The first-order valence-corrected chi connectivity index (χ1v) is 8.60. The van der Waals surface area contributed by atoms with Gasteiger partial charge in [0.15, 0.2) is 0 Å². The highest BCUT2D eigenvalue weighted by Gasteiger charge is 2.47. The van der Waals surface area contributed by atoms with Crippen LogP contribution in [0.15, 0.2) is 36.5 Å². The molecule has 1 fully saturated rings. The van der Waals surface area contributed by atoms with Gasteiger partial charge < -0.3 is 9.64 Å². The molecule has 3 rings (SSSR count). The Morgan fingerprint density at radius 1 is 1.12 bits per heavy atom. The molecule has 0 spiro atoms. The summed E-state index contributed by atoms with van der Waals surface area (Å²) in [7, 11) is 1.74. The van der Waals surface area contributed by atoms with E-state index < -0.39 is 5.92 Å². The second kappa shape index (κ2) is 6.49. The Morgan fingerprint density at radius 3 is 2.35 bits per heavy atom. The van der Waals surface area contributed by atoms with Crippen LogP contribution in [0.4, 0.5) is 19.0 Å². The summed E-state index contributed by atoms with van der Waals surface area (Å²) >= 11 is 0. The average molecular weight is 364 g/mol. The minimum Gasteiger partial charge on any atom is -0.457 e. The van der Waals surface area contributed by atoms with Crippen molar-refractivity contribution in [2.24, 2.45) is 0 Å². The van der Waals surface area contributed by atoms with E-state index in [0.29, 0.717) is 22.9 Å². The summed E-state index contributed by atoms with van der Waals surface area (Å²) in [5.41, 5.74) is 0.325. The predicted octanol–water partition coefficient (Wildman–Crippen LogP) is 5.54. The number of ether oxygens (including phenoxy) is 1. The third-order valence-electron chi connectivity index (χ3n) is 4.68. The van der Waals surface area contributed by atoms with Gasteiger partial charge in [-0.3, -0.25) is 0 Å². The zero-order valence-electron chi connectivity index (χ0n) is 15.4. The van der Waals surface area contributed by atoms with Crippen molar-refractivity contribution in [3.63, 3.8) is 0 Å². The molecule has 2 aromatic rings. The highest BCUT2D eigenvalue weighted by atomic mass is 19.3. The van der Waals surface area contributed by atoms with Crippen molar-refractivity contribution in [1.29, 1.82) is 0 Å². The van der Waals surface area contributed by atoms with Crippen LogP contribution >= 0.6 is 0 Å². The second-order valence-corrected chi connectivity index (χ2v) is 7.87. The number of hydrogen-bond donors (Lipinski definition) is 0. The van der Waals surface area contributed by atoms with E-state index in [2.05, 4.69) is 4.98 Å². The summed E-state index contributed by atoms with van der Waals surface area (Å²) in [6.07, 6.45) is 1.21. The van der Waals surface area contributed by atoms with E-state index in [9.17, 15) is 13.2 Å². The Balaban J connectivity index is 1.74. The predicted molar refractivity (Wildman–Crippen MR) is 95.8 cm³/mol. The lowest BCUT2D eigenvalue weighted by Gasteiger charge is -2.41. The molecule has 0 amide bonds. The molecule has 3 nitrogen and oxygen atoms in total. The molecule has 1 heterocycles. The van der Waals surface area contributed by atoms with Crippen molar-refractivity contribution < 1.29 is 17.9 Å². The fraction of sp³-hybridized carbons (Fsp3) is 0.450. The van der Waals surface area contributed by atoms with Crippen LogP contribution < -0.4 is 9.64 Å². The van der Waals surface area contributed by atoms with Gasteiger partial charge in [0.25, 0.3) is 5.92 Å². The fourth-order valence-electron chi connectivity index (χ4n) is 3.05. The minimum atomic E-state index is -2.58. The van der Waals surface area contributed by atoms with Crippen LogP contribution in [0.5, 0.6) is 11.5 Å². The normalized spacial score (nSPS) is 16.9. The summed E-state index contributed by atoms with van der Waals surface area (Å²) in [6, 6.07) is 7.89. The molecule has 0 atom stereocenters. The zero-order valence-corrected chi connectivity index (χ0v) is 15.4. The molecule has 26 heavy (non-hydrogen) atoms. The van der Waals surface area contributed by atoms with Crippen molar-refractivity contribution in [2.75, 3.05) is 11.9 Å². The van der Waals surface area contributed by atoms with E-state index in [1.54, 1.807) is 42.4 Å². The Morgan fingerprint density at radius 2 is 1.77 bits per heavy atom. The van der Waals surface area contributed by atoms with Crippen LogP contribution in [-0.2, 0) is 5.41 Å². The van der Waals surface area contributed by atoms with Crippen LogP contribution in [0.25, 0.3) is 0 Å². The monoisotopic (exact) mass is 364 g/mol. The molecule has 6 heteroatoms. The number of hydrogen-bond acceptors (Lipinski definition) is 3. The van der Waals surface area contributed by atoms with E-state index in [-0.39, 0.29) is 30.1 Å². The van der Waals surface area contributed by atoms with Crippen LogP contribution in [0.2, 0.25) is 0 Å². The first-order valence-electron chi connectivity index (χ1n) is 8.60. The van der Waals surface area contributed by atoms with Gasteiger partial charge in [-0.25, -0.2) is 18.2 Å². The molecule has 1 aromatic heterocycles. The van der Waals surface area contributed by atoms with E-state index in [4.69, 9.17) is 4.74 Å². The number of benzene rings is 1. The second-order valence-electron chi connectivity index (χ2n) is 7.87. The first kappa shape index (κ1) is 18.5. The van der Waals surface area contributed by atoms with Crippen molar-refractivity contribution in [2.45, 2.75) is 51.0 Å². The summed E-state index contributed by atoms with van der Waals surface area (Å²) in [5.74, 6) is -1.49. The fourth-order valence-corrected chi connectivity index (χ4v) is 3.05. The summed E-state index contributed by atoms with van der Waals surface area (Å²) in [5, 5.41) is 0. The third-order valence-corrected chi connectivity index (χ3v) is 4.68. The third kappa shape index (κ3) is 3.94. The zero-order chi connectivity index (χ0) is 19.1. The van der Waals surface area contributed by atoms with Gasteiger partial charge in [0.1, 0.15) is 23.1 Å². The van der Waals surface area contributed by atoms with Gasteiger partial charge in [0.05, 0.1) is 0 Å². The van der Waals surface area contributed by atoms with Gasteiger partial charge in [-0.05, 0) is 23.1 Å². The molecule has 1 aliphatic carbocycles. The van der Waals surface area contributed by atoms with Crippen LogP contribution in [-0.4, -0.2) is 24.0 Å². The Hall–Kier alpha value is -2.24. The molecule has 1 aromatic carbocycles. The molecule has 0 radical (unpaired) electrons.